The van der Waals surface area contributed by atoms with Gasteiger partial charge in [0.05, 0.1) is 17.0 Å². The van der Waals surface area contributed by atoms with E-state index in [2.05, 4.69) is 11.1 Å². The first-order chi connectivity index (χ1) is 8.79. The minimum atomic E-state index is 0.419. The topological polar surface area (TPSA) is 52.0 Å². The maximum atomic E-state index is 6.21. The Labute approximate surface area is 109 Å². The van der Waals surface area contributed by atoms with Crippen molar-refractivity contribution >= 4 is 22.6 Å². The van der Waals surface area contributed by atoms with Gasteiger partial charge in [0.15, 0.2) is 5.58 Å². The zero-order valence-corrected chi connectivity index (χ0v) is 10.2. The Morgan fingerprint density at radius 1 is 1.39 bits per heavy atom. The monoisotopic (exact) mass is 257 g/mol. The smallest absolute Gasteiger partial charge is 0.152 e. The number of hydrogen-bond acceptors (Lipinski definition) is 3. The van der Waals surface area contributed by atoms with E-state index < -0.39 is 0 Å². The van der Waals surface area contributed by atoms with Crippen molar-refractivity contribution in [2.24, 2.45) is 5.73 Å². The summed E-state index contributed by atoms with van der Waals surface area (Å²) in [5.41, 5.74) is 9.08. The second kappa shape index (κ2) is 4.44. The first-order valence-electron chi connectivity index (χ1n) is 5.52. The van der Waals surface area contributed by atoms with Crippen LogP contribution in [0.1, 0.15) is 5.56 Å². The van der Waals surface area contributed by atoms with E-state index in [0.717, 1.165) is 22.2 Å². The predicted octanol–water partition coefficient (Wildman–Crippen LogP) is 3.41. The van der Waals surface area contributed by atoms with E-state index >= 15 is 0 Å². The minimum Gasteiger partial charge on any atom is -0.462 e. The lowest BCUT2D eigenvalue weighted by molar-refractivity contribution is 0.611. The average Bonchev–Trinajstić information content (AvgIpc) is 2.83. The third-order valence-electron chi connectivity index (χ3n) is 2.84. The summed E-state index contributed by atoms with van der Waals surface area (Å²) in [5.74, 6) is 0. The van der Waals surface area contributed by atoms with Crippen LogP contribution in [0, 0.1) is 6.07 Å². The van der Waals surface area contributed by atoms with Crippen LogP contribution in [-0.2, 0) is 6.54 Å². The van der Waals surface area contributed by atoms with Crippen LogP contribution in [-0.4, -0.2) is 4.98 Å². The van der Waals surface area contributed by atoms with Gasteiger partial charge in [0.1, 0.15) is 0 Å². The van der Waals surface area contributed by atoms with E-state index in [1.54, 1.807) is 12.5 Å². The number of furan rings is 1. The van der Waals surface area contributed by atoms with Crippen molar-refractivity contribution < 1.29 is 4.42 Å². The van der Waals surface area contributed by atoms with Crippen LogP contribution < -0.4 is 5.73 Å². The Hall–Kier alpha value is -1.84. The molecule has 0 saturated heterocycles. The quantitative estimate of drug-likeness (QED) is 0.765. The Kier molecular flexibility index (Phi) is 2.78. The van der Waals surface area contributed by atoms with Crippen LogP contribution in [0.15, 0.2) is 41.1 Å². The third-order valence-corrected chi connectivity index (χ3v) is 3.12. The molecule has 0 aliphatic carbocycles. The fraction of sp³-hybridized carbons (Fsp3) is 0.0714. The van der Waals surface area contributed by atoms with Crippen LogP contribution in [0.4, 0.5) is 0 Å². The molecule has 1 aromatic carbocycles. The van der Waals surface area contributed by atoms with Crippen molar-refractivity contribution in [2.75, 3.05) is 0 Å². The molecule has 3 aromatic rings. The maximum absolute atomic E-state index is 6.21. The summed E-state index contributed by atoms with van der Waals surface area (Å²) in [6, 6.07) is 10.4. The lowest BCUT2D eigenvalue weighted by atomic mass is 10.1. The van der Waals surface area contributed by atoms with Gasteiger partial charge < -0.3 is 10.2 Å². The minimum absolute atomic E-state index is 0.419. The SMILES string of the molecule is NCc1coc2c(Cl)cc(-c3cc[c]cn3)cc12. The molecule has 2 heterocycles. The molecule has 2 aromatic heterocycles. The van der Waals surface area contributed by atoms with Gasteiger partial charge in [-0.1, -0.05) is 17.7 Å². The van der Waals surface area contributed by atoms with E-state index in [9.17, 15) is 0 Å². The Bertz CT molecular complexity index is 692. The largest absolute Gasteiger partial charge is 0.462 e. The van der Waals surface area contributed by atoms with Crippen molar-refractivity contribution in [1.29, 1.82) is 0 Å². The van der Waals surface area contributed by atoms with Crippen molar-refractivity contribution in [3.8, 4) is 11.3 Å². The van der Waals surface area contributed by atoms with Crippen LogP contribution in [0.5, 0.6) is 0 Å². The molecule has 2 N–H and O–H groups in total. The molecule has 89 valence electrons. The molecule has 0 aliphatic rings. The van der Waals surface area contributed by atoms with Gasteiger partial charge >= 0.3 is 0 Å². The summed E-state index contributed by atoms with van der Waals surface area (Å²) in [5, 5.41) is 1.51. The van der Waals surface area contributed by atoms with E-state index in [-0.39, 0.29) is 0 Å². The first kappa shape index (κ1) is 11.3. The maximum Gasteiger partial charge on any atom is 0.152 e. The normalized spacial score (nSPS) is 11.0. The van der Waals surface area contributed by atoms with E-state index in [0.29, 0.717) is 17.2 Å². The highest BCUT2D eigenvalue weighted by molar-refractivity contribution is 6.35. The van der Waals surface area contributed by atoms with E-state index in [4.69, 9.17) is 21.8 Å². The second-order valence-corrected chi connectivity index (χ2v) is 4.35. The highest BCUT2D eigenvalue weighted by atomic mass is 35.5. The molecule has 0 saturated carbocycles. The van der Waals surface area contributed by atoms with Crippen LogP contribution in [0.3, 0.4) is 0 Å². The first-order valence-corrected chi connectivity index (χ1v) is 5.89. The van der Waals surface area contributed by atoms with Gasteiger partial charge in [-0.3, -0.25) is 4.98 Å². The fourth-order valence-electron chi connectivity index (χ4n) is 1.94. The number of pyridine rings is 1. The highest BCUT2D eigenvalue weighted by Crippen LogP contribution is 2.32. The lowest BCUT2D eigenvalue weighted by Crippen LogP contribution is -1.94. The van der Waals surface area contributed by atoms with Crippen molar-refractivity contribution in [1.82, 2.24) is 4.98 Å². The number of nitrogens with two attached hydrogens (primary N) is 1. The van der Waals surface area contributed by atoms with Crippen LogP contribution >= 0.6 is 11.6 Å². The molecule has 0 atom stereocenters. The molecule has 0 unspecified atom stereocenters. The number of hydrogen-bond donors (Lipinski definition) is 1. The summed E-state index contributed by atoms with van der Waals surface area (Å²) in [4.78, 5) is 4.26. The zero-order valence-electron chi connectivity index (χ0n) is 9.48. The Balaban J connectivity index is 2.26. The summed E-state index contributed by atoms with van der Waals surface area (Å²) in [6.45, 7) is 0.419. The van der Waals surface area contributed by atoms with Gasteiger partial charge in [0.2, 0.25) is 0 Å². The van der Waals surface area contributed by atoms with Gasteiger partial charge in [-0.15, -0.1) is 0 Å². The molecule has 0 spiro atoms. The molecule has 0 aliphatic heterocycles. The summed E-state index contributed by atoms with van der Waals surface area (Å²) in [7, 11) is 0. The molecule has 1 radical (unpaired) electrons. The van der Waals surface area contributed by atoms with Crippen LogP contribution in [0.2, 0.25) is 5.02 Å². The zero-order chi connectivity index (χ0) is 12.5. The number of nitrogens with zero attached hydrogens (tertiary/aromatic N) is 1. The molecular formula is C14H10ClN2O. The summed E-state index contributed by atoms with van der Waals surface area (Å²) in [6.07, 6.45) is 3.28. The summed E-state index contributed by atoms with van der Waals surface area (Å²) < 4.78 is 5.42. The van der Waals surface area contributed by atoms with Crippen molar-refractivity contribution in [3.05, 3.63) is 53.4 Å². The molecular weight excluding hydrogens is 248 g/mol. The van der Waals surface area contributed by atoms with Crippen molar-refractivity contribution in [3.63, 3.8) is 0 Å². The van der Waals surface area contributed by atoms with Gasteiger partial charge in [0, 0.05) is 35.3 Å². The number of fused-ring (bicyclic) bond motifs is 1. The number of aromatic nitrogens is 1. The Morgan fingerprint density at radius 2 is 2.28 bits per heavy atom. The Morgan fingerprint density at radius 3 is 3.00 bits per heavy atom. The van der Waals surface area contributed by atoms with Crippen molar-refractivity contribution in [2.45, 2.75) is 6.54 Å². The number of benzene rings is 1. The van der Waals surface area contributed by atoms with E-state index in [1.807, 2.05) is 24.3 Å². The average molecular weight is 258 g/mol. The van der Waals surface area contributed by atoms with Gasteiger partial charge in [0.25, 0.3) is 0 Å². The third kappa shape index (κ3) is 1.78. The fourth-order valence-corrected chi connectivity index (χ4v) is 2.21. The molecule has 18 heavy (non-hydrogen) atoms. The highest BCUT2D eigenvalue weighted by Gasteiger charge is 2.11. The molecule has 0 amide bonds. The summed E-state index contributed by atoms with van der Waals surface area (Å²) >= 11 is 6.21. The van der Waals surface area contributed by atoms with Gasteiger partial charge in [-0.05, 0) is 18.2 Å². The van der Waals surface area contributed by atoms with Gasteiger partial charge in [-0.2, -0.15) is 0 Å². The predicted molar refractivity (Wildman–Crippen MR) is 71.2 cm³/mol. The molecule has 3 rings (SSSR count). The molecule has 0 fully saturated rings. The number of rotatable bonds is 2. The standard InChI is InChI=1S/C14H10ClN2O/c15-12-6-9(13-3-1-2-4-17-13)5-11-10(7-16)8-18-14(11)12/h1,3-6,8H,7,16H2. The van der Waals surface area contributed by atoms with Gasteiger partial charge in [-0.25, -0.2) is 0 Å². The molecule has 3 nitrogen and oxygen atoms in total. The number of halogens is 1. The van der Waals surface area contributed by atoms with Crippen LogP contribution in [0.25, 0.3) is 22.2 Å². The lowest BCUT2D eigenvalue weighted by Gasteiger charge is -2.02. The van der Waals surface area contributed by atoms with E-state index in [1.165, 1.54) is 0 Å². The molecule has 0 bridgehead atoms. The molecule has 4 heteroatoms. The second-order valence-electron chi connectivity index (χ2n) is 3.94.